The number of aromatic nitrogens is 3. The van der Waals surface area contributed by atoms with E-state index in [0.717, 1.165) is 43.4 Å². The third-order valence-corrected chi connectivity index (χ3v) is 6.65. The summed E-state index contributed by atoms with van der Waals surface area (Å²) in [6.07, 6.45) is 8.04. The molecular formula is C24H26N4O3. The number of amides is 1. The fraction of sp³-hybridized carbons (Fsp3) is 0.417. The SMILES string of the molecule is O=C(c1cc2c([nH]c1=O)CCCCC2)N1CCC(n2cnc3ccccc3c2=O)CC1. The van der Waals surface area contributed by atoms with Crippen LogP contribution >= 0.6 is 0 Å². The molecule has 2 aliphatic rings. The quantitative estimate of drug-likeness (QED) is 0.648. The van der Waals surface area contributed by atoms with Crippen molar-refractivity contribution in [3.05, 3.63) is 74.2 Å². The van der Waals surface area contributed by atoms with E-state index in [0.29, 0.717) is 36.8 Å². The van der Waals surface area contributed by atoms with Gasteiger partial charge in [-0.1, -0.05) is 18.6 Å². The lowest BCUT2D eigenvalue weighted by Crippen LogP contribution is -2.42. The number of benzene rings is 1. The van der Waals surface area contributed by atoms with E-state index in [1.54, 1.807) is 21.9 Å². The monoisotopic (exact) mass is 418 g/mol. The smallest absolute Gasteiger partial charge is 0.261 e. The first-order chi connectivity index (χ1) is 15.1. The first-order valence-corrected chi connectivity index (χ1v) is 11.1. The van der Waals surface area contributed by atoms with Gasteiger partial charge in [-0.15, -0.1) is 0 Å². The van der Waals surface area contributed by atoms with Crippen LogP contribution in [0.3, 0.4) is 0 Å². The summed E-state index contributed by atoms with van der Waals surface area (Å²) < 4.78 is 1.69. The van der Waals surface area contributed by atoms with Crippen molar-refractivity contribution in [3.63, 3.8) is 0 Å². The number of nitrogens with zero attached hydrogens (tertiary/aromatic N) is 3. The van der Waals surface area contributed by atoms with E-state index in [9.17, 15) is 14.4 Å². The van der Waals surface area contributed by atoms with Crippen LogP contribution in [0.25, 0.3) is 10.9 Å². The van der Waals surface area contributed by atoms with Gasteiger partial charge in [0.1, 0.15) is 5.56 Å². The molecule has 1 fully saturated rings. The highest BCUT2D eigenvalue weighted by molar-refractivity contribution is 5.94. The molecule has 0 unspecified atom stereocenters. The van der Waals surface area contributed by atoms with Crippen LogP contribution in [0.4, 0.5) is 0 Å². The summed E-state index contributed by atoms with van der Waals surface area (Å²) in [6.45, 7) is 1.03. The molecule has 7 nitrogen and oxygen atoms in total. The summed E-state index contributed by atoms with van der Waals surface area (Å²) >= 11 is 0. The van der Waals surface area contributed by atoms with Crippen molar-refractivity contribution in [2.24, 2.45) is 0 Å². The molecule has 1 aliphatic heterocycles. The molecule has 0 saturated carbocycles. The molecule has 3 heterocycles. The zero-order valence-corrected chi connectivity index (χ0v) is 17.5. The molecule has 160 valence electrons. The molecule has 0 spiro atoms. The third-order valence-electron chi connectivity index (χ3n) is 6.65. The second kappa shape index (κ2) is 8.13. The van der Waals surface area contributed by atoms with Crippen molar-refractivity contribution in [2.75, 3.05) is 13.1 Å². The number of piperidine rings is 1. The van der Waals surface area contributed by atoms with E-state index in [1.807, 2.05) is 24.3 Å². The second-order valence-electron chi connectivity index (χ2n) is 8.57. The van der Waals surface area contributed by atoms with Gasteiger partial charge in [0.15, 0.2) is 0 Å². The van der Waals surface area contributed by atoms with Crippen LogP contribution in [0.5, 0.6) is 0 Å². The van der Waals surface area contributed by atoms with Crippen molar-refractivity contribution < 1.29 is 4.79 Å². The molecular weight excluding hydrogens is 392 g/mol. The largest absolute Gasteiger partial charge is 0.338 e. The number of rotatable bonds is 2. The number of H-pyrrole nitrogens is 1. The number of carbonyl (C=O) groups excluding carboxylic acids is 1. The Hall–Kier alpha value is -3.22. The molecule has 2 aromatic heterocycles. The zero-order valence-electron chi connectivity index (χ0n) is 17.5. The van der Waals surface area contributed by atoms with Crippen molar-refractivity contribution in [2.45, 2.75) is 51.0 Å². The molecule has 1 saturated heterocycles. The van der Waals surface area contributed by atoms with Crippen LogP contribution in [-0.2, 0) is 12.8 Å². The third kappa shape index (κ3) is 3.69. The zero-order chi connectivity index (χ0) is 21.4. The molecule has 1 aromatic carbocycles. The highest BCUT2D eigenvalue weighted by atomic mass is 16.2. The highest BCUT2D eigenvalue weighted by Gasteiger charge is 2.27. The van der Waals surface area contributed by atoms with E-state index < -0.39 is 0 Å². The van der Waals surface area contributed by atoms with Crippen molar-refractivity contribution >= 4 is 16.8 Å². The summed E-state index contributed by atoms with van der Waals surface area (Å²) in [6, 6.07) is 9.15. The van der Waals surface area contributed by atoms with Crippen molar-refractivity contribution in [1.29, 1.82) is 0 Å². The number of hydrogen-bond donors (Lipinski definition) is 1. The van der Waals surface area contributed by atoms with E-state index in [-0.39, 0.29) is 28.6 Å². The average Bonchev–Trinajstić information content (AvgIpc) is 3.03. The maximum atomic E-state index is 13.1. The highest BCUT2D eigenvalue weighted by Crippen LogP contribution is 2.24. The minimum Gasteiger partial charge on any atom is -0.338 e. The Bertz CT molecular complexity index is 1250. The Balaban J connectivity index is 1.34. The van der Waals surface area contributed by atoms with Gasteiger partial charge < -0.3 is 9.88 Å². The Labute approximate surface area is 179 Å². The normalized spacial score (nSPS) is 17.4. The molecule has 0 bridgehead atoms. The number of likely N-dealkylation sites (tertiary alicyclic amines) is 1. The Morgan fingerprint density at radius 1 is 1.03 bits per heavy atom. The molecule has 5 rings (SSSR count). The van der Waals surface area contributed by atoms with Crippen LogP contribution < -0.4 is 11.1 Å². The Morgan fingerprint density at radius 3 is 2.65 bits per heavy atom. The summed E-state index contributed by atoms with van der Waals surface area (Å²) in [7, 11) is 0. The van der Waals surface area contributed by atoms with Gasteiger partial charge in [0, 0.05) is 24.8 Å². The van der Waals surface area contributed by atoms with Crippen LogP contribution in [-0.4, -0.2) is 38.4 Å². The van der Waals surface area contributed by atoms with Crippen LogP contribution in [0, 0.1) is 0 Å². The fourth-order valence-corrected chi connectivity index (χ4v) is 4.87. The summed E-state index contributed by atoms with van der Waals surface area (Å²) in [5.41, 5.74) is 2.69. The number of aromatic amines is 1. The number of pyridine rings is 1. The maximum Gasteiger partial charge on any atom is 0.261 e. The van der Waals surface area contributed by atoms with Gasteiger partial charge in [0.25, 0.3) is 17.0 Å². The van der Waals surface area contributed by atoms with Crippen molar-refractivity contribution in [1.82, 2.24) is 19.4 Å². The minimum atomic E-state index is -0.289. The molecule has 7 heteroatoms. The van der Waals surface area contributed by atoms with E-state index in [2.05, 4.69) is 9.97 Å². The molecule has 0 atom stereocenters. The standard InChI is InChI=1S/C24H26N4O3/c29-22-19(14-16-6-2-1-3-8-20(16)26-22)23(30)27-12-10-17(11-13-27)28-15-25-21-9-5-4-7-18(21)24(28)31/h4-5,7,9,14-15,17H,1-3,6,8,10-13H2,(H,26,29). The first kappa shape index (κ1) is 19.7. The number of fused-ring (bicyclic) bond motifs is 2. The predicted octanol–water partition coefficient (Wildman–Crippen LogP) is 2.83. The summed E-state index contributed by atoms with van der Waals surface area (Å²) in [5.74, 6) is -0.212. The molecule has 1 N–H and O–H groups in total. The van der Waals surface area contributed by atoms with Gasteiger partial charge in [0.2, 0.25) is 0 Å². The summed E-state index contributed by atoms with van der Waals surface area (Å²) in [4.78, 5) is 47.7. The van der Waals surface area contributed by atoms with Crippen LogP contribution in [0.1, 0.15) is 59.8 Å². The van der Waals surface area contributed by atoms with Gasteiger partial charge >= 0.3 is 0 Å². The molecule has 0 radical (unpaired) electrons. The molecule has 3 aromatic rings. The predicted molar refractivity (Wildman–Crippen MR) is 118 cm³/mol. The van der Waals surface area contributed by atoms with E-state index >= 15 is 0 Å². The number of para-hydroxylation sites is 1. The lowest BCUT2D eigenvalue weighted by Gasteiger charge is -2.32. The second-order valence-corrected chi connectivity index (χ2v) is 8.57. The number of hydrogen-bond acceptors (Lipinski definition) is 4. The number of aryl methyl sites for hydroxylation is 2. The average molecular weight is 418 g/mol. The van der Waals surface area contributed by atoms with Gasteiger partial charge in [-0.05, 0) is 62.3 Å². The molecule has 1 aliphatic carbocycles. The molecule has 1 amide bonds. The van der Waals surface area contributed by atoms with Gasteiger partial charge in [-0.3, -0.25) is 19.0 Å². The lowest BCUT2D eigenvalue weighted by atomic mass is 10.0. The van der Waals surface area contributed by atoms with Gasteiger partial charge in [-0.25, -0.2) is 4.98 Å². The Kier molecular flexibility index (Phi) is 5.18. The van der Waals surface area contributed by atoms with Gasteiger partial charge in [0.05, 0.1) is 17.2 Å². The minimum absolute atomic E-state index is 0.000939. The Morgan fingerprint density at radius 2 is 1.81 bits per heavy atom. The van der Waals surface area contributed by atoms with Gasteiger partial charge in [-0.2, -0.15) is 0 Å². The fourth-order valence-electron chi connectivity index (χ4n) is 4.87. The summed E-state index contributed by atoms with van der Waals surface area (Å²) in [5, 5.41) is 0.611. The maximum absolute atomic E-state index is 13.1. The molecule has 31 heavy (non-hydrogen) atoms. The lowest BCUT2D eigenvalue weighted by molar-refractivity contribution is 0.0691. The topological polar surface area (TPSA) is 88.1 Å². The van der Waals surface area contributed by atoms with E-state index in [4.69, 9.17) is 0 Å². The van der Waals surface area contributed by atoms with Crippen LogP contribution in [0.2, 0.25) is 0 Å². The van der Waals surface area contributed by atoms with Crippen molar-refractivity contribution in [3.8, 4) is 0 Å². The number of carbonyl (C=O) groups is 1. The van der Waals surface area contributed by atoms with Crippen LogP contribution in [0.15, 0.2) is 46.2 Å². The number of nitrogens with one attached hydrogen (secondary N) is 1. The first-order valence-electron chi connectivity index (χ1n) is 11.1. The van der Waals surface area contributed by atoms with E-state index in [1.165, 1.54) is 0 Å².